The van der Waals surface area contributed by atoms with Gasteiger partial charge in [-0.3, -0.25) is 14.5 Å². The van der Waals surface area contributed by atoms with Gasteiger partial charge in [0.05, 0.1) is 12.6 Å². The Bertz CT molecular complexity index is 521. The van der Waals surface area contributed by atoms with Crippen molar-refractivity contribution in [3.8, 4) is 5.75 Å². The van der Waals surface area contributed by atoms with E-state index < -0.39 is 5.97 Å². The van der Waals surface area contributed by atoms with Gasteiger partial charge in [-0.15, -0.1) is 0 Å². The number of rotatable bonds is 6. The van der Waals surface area contributed by atoms with Crippen LogP contribution in [-0.2, 0) is 9.59 Å². The van der Waals surface area contributed by atoms with Gasteiger partial charge in [0.2, 0.25) is 0 Å². The van der Waals surface area contributed by atoms with Gasteiger partial charge in [-0.25, -0.2) is 0 Å². The summed E-state index contributed by atoms with van der Waals surface area (Å²) in [6.07, 6.45) is 1.52. The van der Waals surface area contributed by atoms with Crippen molar-refractivity contribution >= 4 is 23.5 Å². The number of aliphatic carboxylic acids is 1. The molecule has 2 rings (SSSR count). The summed E-state index contributed by atoms with van der Waals surface area (Å²) in [5, 5.41) is 12.4. The minimum absolute atomic E-state index is 0.0855. The number of halogens is 1. The van der Waals surface area contributed by atoms with Crippen molar-refractivity contribution in [1.29, 1.82) is 0 Å². The standard InChI is InChI=1S/C15H19ClN2O4/c16-12-3-5-13(6-4-12)22-9-14(19)17-10-18-7-1-2-11(8-18)15(20)21/h3-6,11H,1-2,7-10H2,(H,17,19)(H,20,21). The third-order valence-electron chi connectivity index (χ3n) is 3.54. The van der Waals surface area contributed by atoms with E-state index in [2.05, 4.69) is 5.32 Å². The molecule has 1 saturated heterocycles. The Kier molecular flexibility index (Phi) is 6.03. The van der Waals surface area contributed by atoms with E-state index in [0.717, 1.165) is 13.0 Å². The average molecular weight is 327 g/mol. The van der Waals surface area contributed by atoms with Gasteiger partial charge in [0.15, 0.2) is 6.61 Å². The molecule has 1 amide bonds. The molecule has 6 nitrogen and oxygen atoms in total. The fraction of sp³-hybridized carbons (Fsp3) is 0.467. The van der Waals surface area contributed by atoms with Gasteiger partial charge in [0.25, 0.3) is 5.91 Å². The maximum atomic E-state index is 11.7. The van der Waals surface area contributed by atoms with E-state index in [-0.39, 0.29) is 18.4 Å². The summed E-state index contributed by atoms with van der Waals surface area (Å²) in [7, 11) is 0. The summed E-state index contributed by atoms with van der Waals surface area (Å²) in [6.45, 7) is 1.51. The Labute approximate surface area is 134 Å². The van der Waals surface area contributed by atoms with Crippen molar-refractivity contribution in [2.45, 2.75) is 12.8 Å². The SMILES string of the molecule is O=C(COc1ccc(Cl)cc1)NCN1CCCC(C(=O)O)C1. The number of piperidine rings is 1. The van der Waals surface area contributed by atoms with Crippen molar-refractivity contribution in [2.24, 2.45) is 5.92 Å². The van der Waals surface area contributed by atoms with Crippen LogP contribution in [0.1, 0.15) is 12.8 Å². The highest BCUT2D eigenvalue weighted by Crippen LogP contribution is 2.16. The first-order chi connectivity index (χ1) is 10.5. The number of carboxylic acids is 1. The molecule has 0 saturated carbocycles. The number of hydrogen-bond donors (Lipinski definition) is 2. The minimum atomic E-state index is -0.776. The van der Waals surface area contributed by atoms with Crippen molar-refractivity contribution < 1.29 is 19.4 Å². The summed E-state index contributed by atoms with van der Waals surface area (Å²) >= 11 is 5.76. The zero-order valence-electron chi connectivity index (χ0n) is 12.1. The number of carboxylic acid groups (broad SMARTS) is 1. The maximum absolute atomic E-state index is 11.7. The van der Waals surface area contributed by atoms with E-state index in [0.29, 0.717) is 30.4 Å². The normalized spacial score (nSPS) is 18.7. The predicted octanol–water partition coefficient (Wildman–Crippen LogP) is 1.59. The Hall–Kier alpha value is -1.79. The number of carbonyl (C=O) groups excluding carboxylic acids is 1. The Morgan fingerprint density at radius 2 is 2.09 bits per heavy atom. The molecule has 2 N–H and O–H groups in total. The van der Waals surface area contributed by atoms with E-state index in [4.69, 9.17) is 21.4 Å². The lowest BCUT2D eigenvalue weighted by Crippen LogP contribution is -2.45. The molecule has 0 spiro atoms. The third kappa shape index (κ3) is 5.20. The van der Waals surface area contributed by atoms with Crippen LogP contribution in [0.2, 0.25) is 5.02 Å². The number of amides is 1. The number of hydrogen-bond acceptors (Lipinski definition) is 4. The molecule has 1 heterocycles. The van der Waals surface area contributed by atoms with E-state index in [1.165, 1.54) is 0 Å². The molecule has 0 aromatic heterocycles. The second-order valence-corrected chi connectivity index (χ2v) is 5.69. The van der Waals surface area contributed by atoms with Gasteiger partial charge in [-0.05, 0) is 43.7 Å². The second kappa shape index (κ2) is 8.00. The quantitative estimate of drug-likeness (QED) is 0.830. The molecular formula is C15H19ClN2O4. The number of nitrogens with one attached hydrogen (secondary N) is 1. The highest BCUT2D eigenvalue weighted by Gasteiger charge is 2.25. The minimum Gasteiger partial charge on any atom is -0.484 e. The van der Waals surface area contributed by atoms with Crippen LogP contribution in [0.4, 0.5) is 0 Å². The molecule has 1 atom stereocenters. The fourth-order valence-corrected chi connectivity index (χ4v) is 2.46. The van der Waals surface area contributed by atoms with E-state index >= 15 is 0 Å². The molecule has 1 aliphatic heterocycles. The molecule has 120 valence electrons. The third-order valence-corrected chi connectivity index (χ3v) is 3.79. The first-order valence-electron chi connectivity index (χ1n) is 7.15. The number of carbonyl (C=O) groups is 2. The summed E-state index contributed by atoms with van der Waals surface area (Å²) in [4.78, 5) is 24.6. The smallest absolute Gasteiger partial charge is 0.307 e. The predicted molar refractivity (Wildman–Crippen MR) is 81.9 cm³/mol. The topological polar surface area (TPSA) is 78.9 Å². The average Bonchev–Trinajstić information content (AvgIpc) is 2.52. The zero-order chi connectivity index (χ0) is 15.9. The lowest BCUT2D eigenvalue weighted by molar-refractivity contribution is -0.143. The summed E-state index contributed by atoms with van der Waals surface area (Å²) in [5.74, 6) is -0.797. The van der Waals surface area contributed by atoms with Crippen LogP contribution in [-0.4, -0.2) is 48.2 Å². The van der Waals surface area contributed by atoms with Gasteiger partial charge >= 0.3 is 5.97 Å². The molecule has 1 aromatic carbocycles. The molecule has 1 aromatic rings. The Balaban J connectivity index is 1.69. The van der Waals surface area contributed by atoms with Gasteiger partial charge in [-0.2, -0.15) is 0 Å². The lowest BCUT2D eigenvalue weighted by Gasteiger charge is -2.30. The van der Waals surface area contributed by atoms with E-state index in [1.54, 1.807) is 24.3 Å². The highest BCUT2D eigenvalue weighted by atomic mass is 35.5. The maximum Gasteiger partial charge on any atom is 0.307 e. The molecule has 1 fully saturated rings. The van der Waals surface area contributed by atoms with Gasteiger partial charge < -0.3 is 15.2 Å². The molecule has 1 aliphatic rings. The highest BCUT2D eigenvalue weighted by molar-refractivity contribution is 6.30. The van der Waals surface area contributed by atoms with Gasteiger partial charge in [0.1, 0.15) is 5.75 Å². The van der Waals surface area contributed by atoms with Crippen LogP contribution in [0.25, 0.3) is 0 Å². The van der Waals surface area contributed by atoms with Crippen LogP contribution < -0.4 is 10.1 Å². The monoisotopic (exact) mass is 326 g/mol. The van der Waals surface area contributed by atoms with E-state index in [9.17, 15) is 9.59 Å². The van der Waals surface area contributed by atoms with Crippen LogP contribution in [0, 0.1) is 5.92 Å². The van der Waals surface area contributed by atoms with Crippen molar-refractivity contribution in [2.75, 3.05) is 26.4 Å². The summed E-state index contributed by atoms with van der Waals surface area (Å²) in [5.41, 5.74) is 0. The second-order valence-electron chi connectivity index (χ2n) is 5.26. The first-order valence-corrected chi connectivity index (χ1v) is 7.52. The van der Waals surface area contributed by atoms with Gasteiger partial charge in [0, 0.05) is 11.6 Å². The molecular weight excluding hydrogens is 308 g/mol. The van der Waals surface area contributed by atoms with E-state index in [1.807, 2.05) is 4.90 Å². The van der Waals surface area contributed by atoms with Crippen LogP contribution >= 0.6 is 11.6 Å². The van der Waals surface area contributed by atoms with Crippen LogP contribution in [0.15, 0.2) is 24.3 Å². The van der Waals surface area contributed by atoms with Crippen molar-refractivity contribution in [3.05, 3.63) is 29.3 Å². The van der Waals surface area contributed by atoms with Crippen molar-refractivity contribution in [3.63, 3.8) is 0 Å². The van der Waals surface area contributed by atoms with Crippen LogP contribution in [0.3, 0.4) is 0 Å². The number of nitrogens with zero attached hydrogens (tertiary/aromatic N) is 1. The molecule has 1 unspecified atom stereocenters. The molecule has 0 radical (unpaired) electrons. The fourth-order valence-electron chi connectivity index (χ4n) is 2.33. The number of ether oxygens (including phenoxy) is 1. The zero-order valence-corrected chi connectivity index (χ0v) is 12.9. The first kappa shape index (κ1) is 16.6. The molecule has 7 heteroatoms. The largest absolute Gasteiger partial charge is 0.484 e. The molecule has 0 bridgehead atoms. The lowest BCUT2D eigenvalue weighted by atomic mass is 9.99. The number of benzene rings is 1. The summed E-state index contributed by atoms with van der Waals surface area (Å²) < 4.78 is 5.34. The number of likely N-dealkylation sites (tertiary alicyclic amines) is 1. The summed E-state index contributed by atoms with van der Waals surface area (Å²) in [6, 6.07) is 6.76. The van der Waals surface area contributed by atoms with Crippen molar-refractivity contribution in [1.82, 2.24) is 10.2 Å². The Morgan fingerprint density at radius 3 is 2.77 bits per heavy atom. The molecule has 22 heavy (non-hydrogen) atoms. The Morgan fingerprint density at radius 1 is 1.36 bits per heavy atom. The van der Waals surface area contributed by atoms with Crippen LogP contribution in [0.5, 0.6) is 5.75 Å². The van der Waals surface area contributed by atoms with Gasteiger partial charge in [-0.1, -0.05) is 11.6 Å². The molecule has 0 aliphatic carbocycles.